The Morgan fingerprint density at radius 1 is 1.52 bits per heavy atom. The third-order valence-electron chi connectivity index (χ3n) is 5.98. The van der Waals surface area contributed by atoms with Crippen molar-refractivity contribution in [3.8, 4) is 0 Å². The summed E-state index contributed by atoms with van der Waals surface area (Å²) >= 11 is 0. The Kier molecular flexibility index (Phi) is 5.74. The van der Waals surface area contributed by atoms with Crippen LogP contribution in [0.15, 0.2) is 6.20 Å². The number of amides is 1. The van der Waals surface area contributed by atoms with Gasteiger partial charge in [-0.15, -0.1) is 5.10 Å². The van der Waals surface area contributed by atoms with Crippen LogP contribution in [0.25, 0.3) is 0 Å². The van der Waals surface area contributed by atoms with Crippen LogP contribution in [0.3, 0.4) is 0 Å². The van der Waals surface area contributed by atoms with E-state index >= 15 is 0 Å². The van der Waals surface area contributed by atoms with E-state index in [1.54, 1.807) is 4.68 Å². The molecule has 2 atom stereocenters. The zero-order chi connectivity index (χ0) is 17.9. The molecule has 3 rings (SSSR count). The number of rotatable bonds is 9. The highest BCUT2D eigenvalue weighted by Gasteiger charge is 2.41. The number of carbonyl (C=O) groups is 1. The SMILES string of the molecule is CCC1(c2cn(C(C)C(=O)NCC(CO)CC3CCC3)nn2)COC1. The molecule has 2 aliphatic rings. The molecule has 0 bridgehead atoms. The molecule has 1 aromatic heterocycles. The molecule has 1 aliphatic heterocycles. The van der Waals surface area contributed by atoms with Gasteiger partial charge in [0, 0.05) is 13.2 Å². The summed E-state index contributed by atoms with van der Waals surface area (Å²) in [6.07, 6.45) is 7.62. The van der Waals surface area contributed by atoms with Gasteiger partial charge < -0.3 is 15.2 Å². The number of hydrogen-bond acceptors (Lipinski definition) is 5. The van der Waals surface area contributed by atoms with Gasteiger partial charge in [0.25, 0.3) is 0 Å². The van der Waals surface area contributed by atoms with Crippen molar-refractivity contribution in [2.24, 2.45) is 11.8 Å². The Morgan fingerprint density at radius 2 is 2.28 bits per heavy atom. The van der Waals surface area contributed by atoms with Gasteiger partial charge in [-0.2, -0.15) is 0 Å². The molecule has 1 amide bonds. The third kappa shape index (κ3) is 3.87. The van der Waals surface area contributed by atoms with Gasteiger partial charge in [0.15, 0.2) is 0 Å². The zero-order valence-corrected chi connectivity index (χ0v) is 15.3. The van der Waals surface area contributed by atoms with Crippen molar-refractivity contribution in [1.82, 2.24) is 20.3 Å². The molecule has 7 nitrogen and oxygen atoms in total. The molecule has 1 saturated carbocycles. The quantitative estimate of drug-likeness (QED) is 0.703. The first-order valence-corrected chi connectivity index (χ1v) is 9.46. The molecule has 0 radical (unpaired) electrons. The minimum Gasteiger partial charge on any atom is -0.396 e. The van der Waals surface area contributed by atoms with E-state index in [2.05, 4.69) is 22.6 Å². The Balaban J connectivity index is 1.52. The lowest BCUT2D eigenvalue weighted by Gasteiger charge is -2.38. The van der Waals surface area contributed by atoms with Crippen LogP contribution in [-0.2, 0) is 14.9 Å². The van der Waals surface area contributed by atoms with Crippen molar-refractivity contribution < 1.29 is 14.6 Å². The minimum absolute atomic E-state index is 0.0425. The van der Waals surface area contributed by atoms with Gasteiger partial charge in [0.1, 0.15) is 6.04 Å². The number of aliphatic hydroxyl groups excluding tert-OH is 1. The molecule has 0 aromatic carbocycles. The minimum atomic E-state index is -0.417. The largest absolute Gasteiger partial charge is 0.396 e. The van der Waals surface area contributed by atoms with Crippen molar-refractivity contribution in [3.05, 3.63) is 11.9 Å². The number of nitrogens with one attached hydrogen (secondary N) is 1. The fraction of sp³-hybridized carbons (Fsp3) is 0.833. The van der Waals surface area contributed by atoms with Gasteiger partial charge in [-0.25, -0.2) is 4.68 Å². The van der Waals surface area contributed by atoms with Crippen LogP contribution in [0.2, 0.25) is 0 Å². The number of hydrogen-bond donors (Lipinski definition) is 2. The molecule has 2 fully saturated rings. The Morgan fingerprint density at radius 3 is 2.80 bits per heavy atom. The second kappa shape index (κ2) is 7.83. The molecule has 0 spiro atoms. The van der Waals surface area contributed by atoms with E-state index in [1.165, 1.54) is 19.3 Å². The van der Waals surface area contributed by atoms with Crippen molar-refractivity contribution in [1.29, 1.82) is 0 Å². The van der Waals surface area contributed by atoms with Gasteiger partial charge in [0.05, 0.1) is 30.5 Å². The molecule has 2 N–H and O–H groups in total. The highest BCUT2D eigenvalue weighted by molar-refractivity contribution is 5.79. The lowest BCUT2D eigenvalue weighted by molar-refractivity contribution is -0.124. The predicted octanol–water partition coefficient (Wildman–Crippen LogP) is 1.43. The van der Waals surface area contributed by atoms with Crippen LogP contribution in [-0.4, -0.2) is 52.4 Å². The van der Waals surface area contributed by atoms with E-state index in [1.807, 2.05) is 13.1 Å². The van der Waals surface area contributed by atoms with Crippen molar-refractivity contribution >= 4 is 5.91 Å². The fourth-order valence-corrected chi connectivity index (χ4v) is 3.53. The van der Waals surface area contributed by atoms with E-state index in [0.717, 1.165) is 24.5 Å². The molecule has 1 saturated heterocycles. The summed E-state index contributed by atoms with van der Waals surface area (Å²) in [5.41, 5.74) is 0.860. The van der Waals surface area contributed by atoms with Crippen LogP contribution >= 0.6 is 0 Å². The summed E-state index contributed by atoms with van der Waals surface area (Å²) in [4.78, 5) is 12.4. The molecule has 2 unspecified atom stereocenters. The molecule has 25 heavy (non-hydrogen) atoms. The molecular weight excluding hydrogens is 320 g/mol. The van der Waals surface area contributed by atoms with E-state index in [0.29, 0.717) is 19.8 Å². The predicted molar refractivity (Wildman–Crippen MR) is 93.1 cm³/mol. The number of carbonyl (C=O) groups excluding carboxylic acids is 1. The van der Waals surface area contributed by atoms with Crippen LogP contribution < -0.4 is 5.32 Å². The lowest BCUT2D eigenvalue weighted by atomic mass is 9.79. The van der Waals surface area contributed by atoms with Crippen molar-refractivity contribution in [2.45, 2.75) is 57.4 Å². The standard InChI is InChI=1S/C18H30N4O3/c1-3-18(11-25-12-18)16-9-22(21-20-16)13(2)17(24)19-8-15(10-23)7-14-5-4-6-14/h9,13-15,23H,3-8,10-12H2,1-2H3,(H,19,24). The highest BCUT2D eigenvalue weighted by atomic mass is 16.5. The summed E-state index contributed by atoms with van der Waals surface area (Å²) in [5.74, 6) is 0.779. The Labute approximate surface area is 149 Å². The van der Waals surface area contributed by atoms with Crippen molar-refractivity contribution in [3.63, 3.8) is 0 Å². The molecule has 1 aromatic rings. The first-order valence-electron chi connectivity index (χ1n) is 9.46. The number of aliphatic hydroxyl groups is 1. The molecule has 7 heteroatoms. The molecule has 2 heterocycles. The van der Waals surface area contributed by atoms with Gasteiger partial charge in [0.2, 0.25) is 5.91 Å². The van der Waals surface area contributed by atoms with E-state index in [4.69, 9.17) is 4.74 Å². The maximum absolute atomic E-state index is 12.4. The average Bonchev–Trinajstić information content (AvgIpc) is 3.02. The molecule has 1 aliphatic carbocycles. The summed E-state index contributed by atoms with van der Waals surface area (Å²) in [5, 5.41) is 20.9. The Hall–Kier alpha value is -1.47. The van der Waals surface area contributed by atoms with Gasteiger partial charge >= 0.3 is 0 Å². The number of nitrogens with zero attached hydrogens (tertiary/aromatic N) is 3. The molecule has 140 valence electrons. The fourth-order valence-electron chi connectivity index (χ4n) is 3.53. The second-order valence-electron chi connectivity index (χ2n) is 7.71. The number of aromatic nitrogens is 3. The highest BCUT2D eigenvalue weighted by Crippen LogP contribution is 2.34. The van der Waals surface area contributed by atoms with Crippen LogP contribution in [0, 0.1) is 11.8 Å². The van der Waals surface area contributed by atoms with Gasteiger partial charge in [-0.3, -0.25) is 4.79 Å². The zero-order valence-electron chi connectivity index (χ0n) is 15.3. The third-order valence-corrected chi connectivity index (χ3v) is 5.98. The summed E-state index contributed by atoms with van der Waals surface area (Å²) in [6, 6.07) is -0.417. The van der Waals surface area contributed by atoms with Crippen LogP contribution in [0.4, 0.5) is 0 Å². The Bertz CT molecular complexity index is 575. The second-order valence-corrected chi connectivity index (χ2v) is 7.71. The van der Waals surface area contributed by atoms with Crippen LogP contribution in [0.1, 0.15) is 57.7 Å². The van der Waals surface area contributed by atoms with Gasteiger partial charge in [-0.1, -0.05) is 31.4 Å². The first kappa shape index (κ1) is 18.3. The van der Waals surface area contributed by atoms with Crippen molar-refractivity contribution in [2.75, 3.05) is 26.4 Å². The summed E-state index contributed by atoms with van der Waals surface area (Å²) in [6.45, 7) is 5.92. The van der Waals surface area contributed by atoms with Crippen LogP contribution in [0.5, 0.6) is 0 Å². The topological polar surface area (TPSA) is 89.3 Å². The summed E-state index contributed by atoms with van der Waals surface area (Å²) < 4.78 is 6.97. The maximum atomic E-state index is 12.4. The maximum Gasteiger partial charge on any atom is 0.244 e. The monoisotopic (exact) mass is 350 g/mol. The van der Waals surface area contributed by atoms with E-state index < -0.39 is 6.04 Å². The first-order chi connectivity index (χ1) is 12.1. The molecular formula is C18H30N4O3. The van der Waals surface area contributed by atoms with Gasteiger partial charge in [-0.05, 0) is 31.6 Å². The number of ether oxygens (including phenoxy) is 1. The average molecular weight is 350 g/mol. The summed E-state index contributed by atoms with van der Waals surface area (Å²) in [7, 11) is 0. The lowest BCUT2D eigenvalue weighted by Crippen LogP contribution is -2.46. The smallest absolute Gasteiger partial charge is 0.244 e. The van der Waals surface area contributed by atoms with E-state index in [9.17, 15) is 9.90 Å². The van der Waals surface area contributed by atoms with E-state index in [-0.39, 0.29) is 23.8 Å². The normalized spacial score (nSPS) is 21.9.